The van der Waals surface area contributed by atoms with E-state index >= 15 is 4.79 Å². The first kappa shape index (κ1) is 48.5. The molecule has 5 aliphatic heterocycles. The summed E-state index contributed by atoms with van der Waals surface area (Å²) in [5.41, 5.74) is 10.6. The van der Waals surface area contributed by atoms with Gasteiger partial charge in [-0.15, -0.1) is 11.3 Å². The van der Waals surface area contributed by atoms with E-state index < -0.39 is 29.5 Å². The third kappa shape index (κ3) is 8.60. The summed E-state index contributed by atoms with van der Waals surface area (Å²) in [4.78, 5) is 76.0. The van der Waals surface area contributed by atoms with Crippen LogP contribution in [0.3, 0.4) is 0 Å². The molecule has 13 rings (SSSR count). The molecule has 0 radical (unpaired) electrons. The number of fused-ring (bicyclic) bond motifs is 6. The van der Waals surface area contributed by atoms with Gasteiger partial charge in [-0.05, 0) is 99.4 Å². The number of thiazole rings is 1. The number of hydrogen-bond donors (Lipinski definition) is 2. The molecule has 6 aromatic rings. The van der Waals surface area contributed by atoms with Crippen molar-refractivity contribution in [2.45, 2.75) is 114 Å². The average Bonchev–Trinajstić information content (AvgIpc) is 4.29. The van der Waals surface area contributed by atoms with Gasteiger partial charge in [0.1, 0.15) is 29.2 Å². The molecule has 10 heterocycles. The molecule has 1 aromatic carbocycles. The van der Waals surface area contributed by atoms with Crippen LogP contribution in [0.4, 0.5) is 5.82 Å². The molecule has 7 aliphatic rings. The van der Waals surface area contributed by atoms with Crippen molar-refractivity contribution in [1.82, 2.24) is 55.0 Å². The highest BCUT2D eigenvalue weighted by molar-refractivity contribution is 7.10. The number of aromatic nitrogens is 6. The van der Waals surface area contributed by atoms with E-state index in [1.54, 1.807) is 30.8 Å². The van der Waals surface area contributed by atoms with E-state index in [0.29, 0.717) is 44.9 Å². The molecule has 0 unspecified atom stereocenters. The number of rotatable bonds is 10. The quantitative estimate of drug-likeness (QED) is 0.136. The van der Waals surface area contributed by atoms with Crippen molar-refractivity contribution >= 4 is 45.8 Å². The van der Waals surface area contributed by atoms with Crippen LogP contribution in [0.2, 0.25) is 0 Å². The highest BCUT2D eigenvalue weighted by Gasteiger charge is 2.59. The summed E-state index contributed by atoms with van der Waals surface area (Å²) in [5.74, 6) is -0.458. The van der Waals surface area contributed by atoms with Gasteiger partial charge in [0.2, 0.25) is 5.91 Å². The van der Waals surface area contributed by atoms with Gasteiger partial charge >= 0.3 is 5.97 Å². The predicted octanol–water partition coefficient (Wildman–Crippen LogP) is 6.90. The summed E-state index contributed by atoms with van der Waals surface area (Å²) in [5, 5.41) is 8.87. The molecule has 7 atom stereocenters. The fourth-order valence-electron chi connectivity index (χ4n) is 13.1. The molecular weight excluding hydrogens is 965 g/mol. The Kier molecular flexibility index (Phi) is 12.2. The molecule has 6 fully saturated rings. The Morgan fingerprint density at radius 1 is 0.960 bits per heavy atom. The van der Waals surface area contributed by atoms with Crippen molar-refractivity contribution in [3.8, 4) is 22.5 Å². The SMILES string of the molecule is CO[C@@H](C)c1ncccc1-c1c2c3cc(ccc3n1C1CN(C3CC3)C1)-c1csc(n1)[C@@H](N1CC3(CCN3c3ccncn3)C1)[C@H](NC(=O)[C@@H]1[C@@H](C)[C@H]1c1ccccn1)C(=O)N1CCC[C@H](N1)C(=O)OCC(C)(C)C2. The first-order valence-electron chi connectivity index (χ1n) is 27.0. The molecule has 75 heavy (non-hydrogen) atoms. The van der Waals surface area contributed by atoms with Gasteiger partial charge in [0, 0.05) is 121 Å². The lowest BCUT2D eigenvalue weighted by Crippen LogP contribution is -2.78. The smallest absolute Gasteiger partial charge is 0.324 e. The summed E-state index contributed by atoms with van der Waals surface area (Å²) in [6.45, 7) is 13.0. The number of methoxy groups -OCH3 is 1. The van der Waals surface area contributed by atoms with Crippen LogP contribution in [0, 0.1) is 17.3 Å². The third-order valence-electron chi connectivity index (χ3n) is 17.5. The zero-order chi connectivity index (χ0) is 51.3. The van der Waals surface area contributed by atoms with Gasteiger partial charge in [-0.3, -0.25) is 39.2 Å². The molecule has 6 bridgehead atoms. The van der Waals surface area contributed by atoms with Crippen LogP contribution in [0.15, 0.2) is 84.9 Å². The summed E-state index contributed by atoms with van der Waals surface area (Å²) < 4.78 is 14.9. The third-order valence-corrected chi connectivity index (χ3v) is 18.4. The van der Waals surface area contributed by atoms with Gasteiger partial charge in [-0.25, -0.2) is 20.4 Å². The average molecular weight is 1030 g/mol. The van der Waals surface area contributed by atoms with Crippen molar-refractivity contribution < 1.29 is 23.9 Å². The van der Waals surface area contributed by atoms with Crippen molar-refractivity contribution in [3.63, 3.8) is 0 Å². The van der Waals surface area contributed by atoms with Gasteiger partial charge < -0.3 is 24.3 Å². The number of cyclic esters (lactones) is 1. The fraction of sp³-hybridized carbons (Fsp3) is 0.509. The Balaban J connectivity index is 0.949. The number of likely N-dealkylation sites (tertiary alicyclic amines) is 2. The number of carbonyl (C=O) groups excluding carboxylic acids is 3. The number of ether oxygens (including phenoxy) is 2. The molecule has 4 saturated heterocycles. The van der Waals surface area contributed by atoms with E-state index in [4.69, 9.17) is 19.4 Å². The lowest BCUT2D eigenvalue weighted by atomic mass is 9.76. The molecule has 18 heteroatoms. The zero-order valence-corrected chi connectivity index (χ0v) is 44.2. The molecular formula is C57H66N12O5S. The molecule has 2 N–H and O–H groups in total. The Hall–Kier alpha value is -6.18. The van der Waals surface area contributed by atoms with Crippen LogP contribution in [0.1, 0.15) is 106 Å². The number of benzene rings is 1. The summed E-state index contributed by atoms with van der Waals surface area (Å²) in [7, 11) is 1.73. The van der Waals surface area contributed by atoms with E-state index in [1.807, 2.05) is 36.5 Å². The highest BCUT2D eigenvalue weighted by atomic mass is 32.1. The second-order valence-corrected chi connectivity index (χ2v) is 24.0. The highest BCUT2D eigenvalue weighted by Crippen LogP contribution is 2.54. The Bertz CT molecular complexity index is 3150. The Labute approximate surface area is 441 Å². The second kappa shape index (κ2) is 18.8. The summed E-state index contributed by atoms with van der Waals surface area (Å²) in [6.07, 6.45) is 11.9. The van der Waals surface area contributed by atoms with Crippen LogP contribution in [0.25, 0.3) is 33.4 Å². The minimum Gasteiger partial charge on any atom is -0.464 e. The number of carbonyl (C=O) groups is 3. The van der Waals surface area contributed by atoms with Gasteiger partial charge in [0.25, 0.3) is 5.91 Å². The van der Waals surface area contributed by atoms with E-state index in [2.05, 4.69) is 102 Å². The number of hydrogen-bond acceptors (Lipinski definition) is 15. The lowest BCUT2D eigenvalue weighted by molar-refractivity contribution is -0.156. The zero-order valence-electron chi connectivity index (χ0n) is 43.4. The summed E-state index contributed by atoms with van der Waals surface area (Å²) in [6, 6.07) is 17.1. The number of esters is 1. The molecule has 5 aromatic heterocycles. The van der Waals surface area contributed by atoms with E-state index in [1.165, 1.54) is 24.2 Å². The fourth-order valence-corrected chi connectivity index (χ4v) is 14.1. The standard InChI is InChI=1S/C57H66N12O5S/c1-33-46(41-11-6-7-19-59-41)47(33)52(70)63-49-51(66-29-57(30-66)18-23-67(57)45-17-21-58-32-61-45)53-62-43(28-75-53)35-13-16-44-39(24-35)40(25-56(3,4)31-74-55(72)42-12-9-22-68(64-42)54(49)71)50(38-10-8-20-60-48(38)34(2)73-5)69(44)37-26-65(27-37)36-14-15-36/h6-8,10-11,13,16-17,19-21,24,28,32-34,36-37,42,46-47,49,51,64H,9,12,14-15,18,22-23,25-27,29-31H2,1-5H3,(H,63,70)/t33-,34-,42-,46-,47+,49-,51-/m0/s1. The Morgan fingerprint density at radius 2 is 1.80 bits per heavy atom. The minimum atomic E-state index is -1.05. The van der Waals surface area contributed by atoms with Crippen molar-refractivity contribution in [2.75, 3.05) is 57.9 Å². The van der Waals surface area contributed by atoms with Crippen LogP contribution >= 0.6 is 11.3 Å². The summed E-state index contributed by atoms with van der Waals surface area (Å²) >= 11 is 1.52. The number of anilines is 1. The molecule has 2 aliphatic carbocycles. The molecule has 2 amide bonds. The number of hydrazine groups is 1. The topological polar surface area (TPSA) is 176 Å². The van der Waals surface area contributed by atoms with Crippen molar-refractivity contribution in [2.24, 2.45) is 17.3 Å². The van der Waals surface area contributed by atoms with Gasteiger partial charge in [-0.2, -0.15) is 0 Å². The van der Waals surface area contributed by atoms with E-state index in [9.17, 15) is 9.59 Å². The van der Waals surface area contributed by atoms with Crippen LogP contribution in [0.5, 0.6) is 0 Å². The van der Waals surface area contributed by atoms with Crippen molar-refractivity contribution in [1.29, 1.82) is 0 Å². The lowest BCUT2D eigenvalue weighted by Gasteiger charge is -2.64. The number of nitrogens with one attached hydrogen (secondary N) is 2. The number of amides is 2. The van der Waals surface area contributed by atoms with Gasteiger partial charge in [-0.1, -0.05) is 32.9 Å². The molecule has 17 nitrogen and oxygen atoms in total. The number of nitrogens with zero attached hydrogens (tertiary/aromatic N) is 10. The Morgan fingerprint density at radius 3 is 2.55 bits per heavy atom. The van der Waals surface area contributed by atoms with Crippen molar-refractivity contribution in [3.05, 3.63) is 107 Å². The largest absolute Gasteiger partial charge is 0.464 e. The minimum absolute atomic E-state index is 0.0315. The van der Waals surface area contributed by atoms with Crippen LogP contribution < -0.4 is 15.6 Å². The maximum absolute atomic E-state index is 15.6. The normalized spacial score (nSPS) is 27.2. The van der Waals surface area contributed by atoms with Crippen LogP contribution in [-0.4, -0.2) is 139 Å². The number of pyridine rings is 2. The van der Waals surface area contributed by atoms with E-state index in [0.717, 1.165) is 87.2 Å². The first-order chi connectivity index (χ1) is 36.4. The van der Waals surface area contributed by atoms with Crippen LogP contribution in [-0.2, 0) is 30.3 Å². The maximum Gasteiger partial charge on any atom is 0.324 e. The molecule has 1 spiro atoms. The second-order valence-electron chi connectivity index (χ2n) is 23.1. The molecule has 2 saturated carbocycles. The monoisotopic (exact) mass is 1030 g/mol. The first-order valence-corrected chi connectivity index (χ1v) is 27.8. The van der Waals surface area contributed by atoms with Gasteiger partial charge in [0.15, 0.2) is 0 Å². The molecule has 390 valence electrons. The predicted molar refractivity (Wildman–Crippen MR) is 284 cm³/mol. The van der Waals surface area contributed by atoms with E-state index in [-0.39, 0.29) is 53.9 Å². The van der Waals surface area contributed by atoms with Gasteiger partial charge in [0.05, 0.1) is 47.4 Å². The maximum atomic E-state index is 15.6.